The number of hydrogen-bond acceptors (Lipinski definition) is 3. The zero-order valence-electron chi connectivity index (χ0n) is 11.5. The first-order valence-electron chi connectivity index (χ1n) is 6.45. The summed E-state index contributed by atoms with van der Waals surface area (Å²) in [6.45, 7) is 1.48. The lowest BCUT2D eigenvalue weighted by molar-refractivity contribution is -0.117. The van der Waals surface area contributed by atoms with Crippen molar-refractivity contribution in [3.05, 3.63) is 24.3 Å². The van der Waals surface area contributed by atoms with Crippen LogP contribution in [0.2, 0.25) is 0 Å². The lowest BCUT2D eigenvalue weighted by Gasteiger charge is -2.11. The smallest absolute Gasteiger partial charge is 0.230 e. The minimum absolute atomic E-state index is 0.142. The summed E-state index contributed by atoms with van der Waals surface area (Å²) in [5.41, 5.74) is 0.714. The molecule has 0 spiro atoms. The van der Waals surface area contributed by atoms with E-state index < -0.39 is 4.33 Å². The second kappa shape index (κ2) is 6.20. The van der Waals surface area contributed by atoms with Crippen LogP contribution in [0.3, 0.4) is 0 Å². The molecule has 110 valence electrons. The highest BCUT2D eigenvalue weighted by atomic mass is 35.5. The van der Waals surface area contributed by atoms with Crippen LogP contribution in [0.4, 0.5) is 5.69 Å². The highest BCUT2D eigenvalue weighted by molar-refractivity contribution is 6.52. The van der Waals surface area contributed by atoms with Crippen LogP contribution in [0.5, 0.6) is 5.75 Å². The molecule has 1 aromatic rings. The van der Waals surface area contributed by atoms with Crippen molar-refractivity contribution in [2.75, 3.05) is 32.6 Å². The van der Waals surface area contributed by atoms with E-state index in [0.29, 0.717) is 18.7 Å². The van der Waals surface area contributed by atoms with Gasteiger partial charge in [0.1, 0.15) is 16.7 Å². The number of halogens is 2. The monoisotopic (exact) mass is 316 g/mol. The molecule has 2 rings (SSSR count). The summed E-state index contributed by atoms with van der Waals surface area (Å²) in [6.07, 6.45) is 0.508. The van der Waals surface area contributed by atoms with Crippen LogP contribution in [0.15, 0.2) is 24.3 Å². The summed E-state index contributed by atoms with van der Waals surface area (Å²) >= 11 is 11.7. The summed E-state index contributed by atoms with van der Waals surface area (Å²) in [5, 5.41) is 2.79. The third-order valence-electron chi connectivity index (χ3n) is 3.07. The Balaban J connectivity index is 1.81. The van der Waals surface area contributed by atoms with Crippen molar-refractivity contribution in [1.29, 1.82) is 0 Å². The van der Waals surface area contributed by atoms with Gasteiger partial charge < -0.3 is 15.0 Å². The zero-order chi connectivity index (χ0) is 14.8. The molecule has 6 heteroatoms. The van der Waals surface area contributed by atoms with E-state index in [1.807, 2.05) is 26.2 Å². The van der Waals surface area contributed by atoms with E-state index in [1.165, 1.54) is 0 Å². The maximum atomic E-state index is 11.8. The van der Waals surface area contributed by atoms with Crippen molar-refractivity contribution in [3.63, 3.8) is 0 Å². The van der Waals surface area contributed by atoms with Gasteiger partial charge in [-0.3, -0.25) is 4.79 Å². The van der Waals surface area contributed by atoms with Crippen LogP contribution in [0.25, 0.3) is 0 Å². The molecule has 1 atom stereocenters. The fourth-order valence-electron chi connectivity index (χ4n) is 1.71. The molecule has 0 saturated heterocycles. The first-order valence-corrected chi connectivity index (χ1v) is 7.20. The predicted octanol–water partition coefficient (Wildman–Crippen LogP) is 2.76. The number of nitrogens with one attached hydrogen (secondary N) is 1. The molecule has 0 bridgehead atoms. The summed E-state index contributed by atoms with van der Waals surface area (Å²) in [5.74, 6) is 0.318. The summed E-state index contributed by atoms with van der Waals surface area (Å²) in [6, 6.07) is 7.25. The van der Waals surface area contributed by atoms with Gasteiger partial charge in [-0.15, -0.1) is 23.2 Å². The van der Waals surface area contributed by atoms with Crippen LogP contribution in [-0.4, -0.2) is 42.4 Å². The predicted molar refractivity (Wildman–Crippen MR) is 81.7 cm³/mol. The molecule has 0 aromatic heterocycles. The Morgan fingerprint density at radius 3 is 2.50 bits per heavy atom. The van der Waals surface area contributed by atoms with Crippen molar-refractivity contribution in [2.24, 2.45) is 5.92 Å². The number of benzene rings is 1. The largest absolute Gasteiger partial charge is 0.492 e. The fraction of sp³-hybridized carbons (Fsp3) is 0.500. The molecule has 0 radical (unpaired) electrons. The van der Waals surface area contributed by atoms with E-state index in [2.05, 4.69) is 10.2 Å². The molecule has 1 fully saturated rings. The zero-order valence-corrected chi connectivity index (χ0v) is 13.0. The summed E-state index contributed by atoms with van der Waals surface area (Å²) in [7, 11) is 3.99. The molecule has 0 aliphatic heterocycles. The van der Waals surface area contributed by atoms with Gasteiger partial charge >= 0.3 is 0 Å². The standard InChI is InChI=1S/C14H18Cl2N2O2/c1-18(2)7-8-20-11-5-3-10(4-6-11)17-13(19)12-9-14(12,15)16/h3-6,12H,7-9H2,1-2H3,(H,17,19). The van der Waals surface area contributed by atoms with Gasteiger partial charge in [0.25, 0.3) is 0 Å². The van der Waals surface area contributed by atoms with Crippen LogP contribution in [0.1, 0.15) is 6.42 Å². The van der Waals surface area contributed by atoms with Crippen molar-refractivity contribution in [3.8, 4) is 5.75 Å². The van der Waals surface area contributed by atoms with Gasteiger partial charge in [0, 0.05) is 12.2 Å². The Bertz CT molecular complexity index is 475. The van der Waals surface area contributed by atoms with E-state index in [4.69, 9.17) is 27.9 Å². The Labute approximate surface area is 129 Å². The molecule has 4 nitrogen and oxygen atoms in total. The van der Waals surface area contributed by atoms with E-state index in [0.717, 1.165) is 12.3 Å². The van der Waals surface area contributed by atoms with Crippen LogP contribution >= 0.6 is 23.2 Å². The van der Waals surface area contributed by atoms with Crippen LogP contribution in [-0.2, 0) is 4.79 Å². The molecule has 1 N–H and O–H groups in total. The third kappa shape index (κ3) is 4.27. The quantitative estimate of drug-likeness (QED) is 0.820. The second-order valence-corrected chi connectivity index (χ2v) is 6.73. The topological polar surface area (TPSA) is 41.6 Å². The van der Waals surface area contributed by atoms with Crippen molar-refractivity contribution in [1.82, 2.24) is 4.90 Å². The van der Waals surface area contributed by atoms with Gasteiger partial charge in [-0.05, 0) is 44.8 Å². The average Bonchev–Trinajstić information content (AvgIpc) is 3.00. The third-order valence-corrected chi connectivity index (χ3v) is 3.91. The van der Waals surface area contributed by atoms with Gasteiger partial charge in [-0.1, -0.05) is 0 Å². The number of nitrogens with zero attached hydrogens (tertiary/aromatic N) is 1. The molecular formula is C14H18Cl2N2O2. The molecule has 0 heterocycles. The average molecular weight is 317 g/mol. The number of carbonyl (C=O) groups excluding carboxylic acids is 1. The molecule has 1 aromatic carbocycles. The van der Waals surface area contributed by atoms with Gasteiger partial charge in [-0.2, -0.15) is 0 Å². The van der Waals surface area contributed by atoms with E-state index in [-0.39, 0.29) is 11.8 Å². The molecule has 1 unspecified atom stereocenters. The van der Waals surface area contributed by atoms with Crippen molar-refractivity contribution in [2.45, 2.75) is 10.8 Å². The number of likely N-dealkylation sites (N-methyl/N-ethyl adjacent to an activating group) is 1. The minimum atomic E-state index is -0.890. The Morgan fingerprint density at radius 2 is 2.00 bits per heavy atom. The Kier molecular flexibility index (Phi) is 4.78. The number of hydrogen-bond donors (Lipinski definition) is 1. The maximum absolute atomic E-state index is 11.8. The normalized spacial score (nSPS) is 19.8. The highest BCUT2D eigenvalue weighted by Crippen LogP contribution is 2.53. The van der Waals surface area contributed by atoms with Gasteiger partial charge in [-0.25, -0.2) is 0 Å². The highest BCUT2D eigenvalue weighted by Gasteiger charge is 2.56. The molecule has 1 aliphatic rings. The van der Waals surface area contributed by atoms with E-state index in [9.17, 15) is 4.79 Å². The lowest BCUT2D eigenvalue weighted by atomic mass is 10.3. The lowest BCUT2D eigenvalue weighted by Crippen LogP contribution is -2.19. The van der Waals surface area contributed by atoms with Gasteiger partial charge in [0.2, 0.25) is 5.91 Å². The first kappa shape index (κ1) is 15.4. The number of anilines is 1. The maximum Gasteiger partial charge on any atom is 0.230 e. The van der Waals surface area contributed by atoms with E-state index in [1.54, 1.807) is 12.1 Å². The number of amides is 1. The van der Waals surface area contributed by atoms with Crippen molar-refractivity contribution < 1.29 is 9.53 Å². The van der Waals surface area contributed by atoms with Gasteiger partial charge in [0.15, 0.2) is 0 Å². The summed E-state index contributed by atoms with van der Waals surface area (Å²) in [4.78, 5) is 13.9. The molecule has 1 aliphatic carbocycles. The minimum Gasteiger partial charge on any atom is -0.492 e. The SMILES string of the molecule is CN(C)CCOc1ccc(NC(=O)C2CC2(Cl)Cl)cc1. The van der Waals surface area contributed by atoms with Crippen LogP contribution < -0.4 is 10.1 Å². The van der Waals surface area contributed by atoms with Gasteiger partial charge in [0.05, 0.1) is 5.92 Å². The van der Waals surface area contributed by atoms with Crippen molar-refractivity contribution >= 4 is 34.8 Å². The summed E-state index contributed by atoms with van der Waals surface area (Å²) < 4.78 is 4.68. The Morgan fingerprint density at radius 1 is 1.40 bits per heavy atom. The van der Waals surface area contributed by atoms with Crippen LogP contribution in [0, 0.1) is 5.92 Å². The second-order valence-electron chi connectivity index (χ2n) is 5.18. The Hall–Kier alpha value is -0.970. The molecular weight excluding hydrogens is 299 g/mol. The molecule has 1 amide bonds. The van der Waals surface area contributed by atoms with E-state index >= 15 is 0 Å². The number of rotatable bonds is 6. The first-order chi connectivity index (χ1) is 9.38. The number of carbonyl (C=O) groups is 1. The number of ether oxygens (including phenoxy) is 1. The molecule has 1 saturated carbocycles. The fourth-order valence-corrected chi connectivity index (χ4v) is 2.21. The molecule has 20 heavy (non-hydrogen) atoms. The number of alkyl halides is 2.